The Hall–Kier alpha value is -2.73. The number of nitrogens with zero attached hydrogens (tertiary/aromatic N) is 2. The summed E-state index contributed by atoms with van der Waals surface area (Å²) in [6.45, 7) is 7.46. The molecule has 6 nitrogen and oxygen atoms in total. The summed E-state index contributed by atoms with van der Waals surface area (Å²) in [6, 6.07) is 9.76. The molecule has 0 radical (unpaired) electrons. The van der Waals surface area contributed by atoms with Crippen LogP contribution in [0.2, 0.25) is 0 Å². The predicted octanol–water partition coefficient (Wildman–Crippen LogP) is 3.18. The van der Waals surface area contributed by atoms with E-state index in [4.69, 9.17) is 10.5 Å². The van der Waals surface area contributed by atoms with Gasteiger partial charge in [-0.2, -0.15) is 5.10 Å². The number of pyridine rings is 1. The molecule has 0 saturated heterocycles. The zero-order valence-corrected chi connectivity index (χ0v) is 15.5. The monoisotopic (exact) mass is 352 g/mol. The van der Waals surface area contributed by atoms with Gasteiger partial charge in [-0.15, -0.1) is 0 Å². The van der Waals surface area contributed by atoms with Gasteiger partial charge in [0.25, 0.3) is 0 Å². The van der Waals surface area contributed by atoms with Crippen molar-refractivity contribution in [1.82, 2.24) is 15.2 Å². The number of esters is 1. The van der Waals surface area contributed by atoms with Crippen LogP contribution in [0.1, 0.15) is 33.3 Å². The number of aromatic nitrogens is 3. The lowest BCUT2D eigenvalue weighted by molar-refractivity contribution is -0.161. The van der Waals surface area contributed by atoms with Crippen LogP contribution in [-0.4, -0.2) is 33.3 Å². The predicted molar refractivity (Wildman–Crippen MR) is 102 cm³/mol. The van der Waals surface area contributed by atoms with Crippen molar-refractivity contribution in [2.75, 3.05) is 6.54 Å². The Morgan fingerprint density at radius 1 is 1.15 bits per heavy atom. The Morgan fingerprint density at radius 2 is 1.92 bits per heavy atom. The first-order chi connectivity index (χ1) is 12.2. The van der Waals surface area contributed by atoms with E-state index in [1.807, 2.05) is 51.1 Å². The Kier molecular flexibility index (Phi) is 4.54. The number of nitrogens with one attached hydrogen (secondary N) is 1. The molecular formula is C20H24N4O2. The number of benzene rings is 1. The molecule has 0 aliphatic heterocycles. The van der Waals surface area contributed by atoms with Crippen molar-refractivity contribution in [2.24, 2.45) is 5.73 Å². The molecule has 3 aromatic rings. The van der Waals surface area contributed by atoms with Crippen molar-refractivity contribution >= 4 is 16.9 Å². The van der Waals surface area contributed by atoms with E-state index in [9.17, 15) is 4.79 Å². The minimum atomic E-state index is -0.937. The van der Waals surface area contributed by atoms with Crippen molar-refractivity contribution < 1.29 is 9.53 Å². The fourth-order valence-corrected chi connectivity index (χ4v) is 2.70. The quantitative estimate of drug-likeness (QED) is 0.703. The summed E-state index contributed by atoms with van der Waals surface area (Å²) in [6.07, 6.45) is 3.48. The van der Waals surface area contributed by atoms with Gasteiger partial charge in [-0.05, 0) is 51.5 Å². The number of carbonyl (C=O) groups is 1. The lowest BCUT2D eigenvalue weighted by atomic mass is 9.83. The standard InChI is InChI=1S/C20H24N4O2/c1-19(2,3)26-18(25)20(4,12-21)15-6-8-16(22-11-15)13-5-7-17-14(9-13)10-23-24-17/h5-11H,12,21H2,1-4H3,(H,23,24). The van der Waals surface area contributed by atoms with E-state index in [1.165, 1.54) is 0 Å². The summed E-state index contributed by atoms with van der Waals surface area (Å²) in [4.78, 5) is 17.2. The summed E-state index contributed by atoms with van der Waals surface area (Å²) in [5.74, 6) is -0.345. The van der Waals surface area contributed by atoms with Gasteiger partial charge in [0.05, 0.1) is 17.4 Å². The summed E-state index contributed by atoms with van der Waals surface area (Å²) in [7, 11) is 0. The first-order valence-electron chi connectivity index (χ1n) is 8.56. The molecule has 0 fully saturated rings. The van der Waals surface area contributed by atoms with Crippen molar-refractivity contribution in [3.8, 4) is 11.3 Å². The zero-order valence-electron chi connectivity index (χ0n) is 15.5. The SMILES string of the molecule is CC(C)(C)OC(=O)C(C)(CN)c1ccc(-c2ccc3[nH]ncc3c2)nc1. The molecule has 3 rings (SSSR count). The van der Waals surface area contributed by atoms with E-state index in [-0.39, 0.29) is 12.5 Å². The lowest BCUT2D eigenvalue weighted by Gasteiger charge is -2.30. The average molecular weight is 352 g/mol. The summed E-state index contributed by atoms with van der Waals surface area (Å²) in [5, 5.41) is 7.98. The minimum absolute atomic E-state index is 0.143. The van der Waals surface area contributed by atoms with Crippen LogP contribution in [0.5, 0.6) is 0 Å². The molecule has 3 N–H and O–H groups in total. The number of aromatic amines is 1. The van der Waals surface area contributed by atoms with Gasteiger partial charge in [0.15, 0.2) is 0 Å². The fraction of sp³-hybridized carbons (Fsp3) is 0.350. The highest BCUT2D eigenvalue weighted by Gasteiger charge is 2.38. The number of fused-ring (bicyclic) bond motifs is 1. The number of rotatable bonds is 4. The molecule has 0 bridgehead atoms. The molecular weight excluding hydrogens is 328 g/mol. The third-order valence-corrected chi connectivity index (χ3v) is 4.39. The van der Waals surface area contributed by atoms with E-state index in [1.54, 1.807) is 19.3 Å². The molecule has 1 unspecified atom stereocenters. The van der Waals surface area contributed by atoms with Crippen LogP contribution in [0.15, 0.2) is 42.7 Å². The molecule has 1 atom stereocenters. The maximum Gasteiger partial charge on any atom is 0.318 e. The highest BCUT2D eigenvalue weighted by Crippen LogP contribution is 2.28. The van der Waals surface area contributed by atoms with Gasteiger partial charge in [-0.25, -0.2) is 0 Å². The Morgan fingerprint density at radius 3 is 2.54 bits per heavy atom. The van der Waals surface area contributed by atoms with Crippen LogP contribution in [-0.2, 0) is 14.9 Å². The molecule has 0 amide bonds. The maximum atomic E-state index is 12.6. The number of ether oxygens (including phenoxy) is 1. The van der Waals surface area contributed by atoms with Crippen molar-refractivity contribution in [1.29, 1.82) is 0 Å². The van der Waals surface area contributed by atoms with E-state index in [2.05, 4.69) is 15.2 Å². The van der Waals surface area contributed by atoms with Gasteiger partial charge in [-0.3, -0.25) is 14.9 Å². The van der Waals surface area contributed by atoms with Gasteiger partial charge in [0.1, 0.15) is 11.0 Å². The van der Waals surface area contributed by atoms with Crippen molar-refractivity contribution in [2.45, 2.75) is 38.7 Å². The smallest absolute Gasteiger partial charge is 0.318 e. The van der Waals surface area contributed by atoms with Gasteiger partial charge in [-0.1, -0.05) is 12.1 Å². The van der Waals surface area contributed by atoms with E-state index >= 15 is 0 Å². The third-order valence-electron chi connectivity index (χ3n) is 4.39. The second-order valence-corrected chi connectivity index (χ2v) is 7.64. The van der Waals surface area contributed by atoms with Crippen LogP contribution in [0.4, 0.5) is 0 Å². The molecule has 2 heterocycles. The Bertz CT molecular complexity index is 925. The van der Waals surface area contributed by atoms with Gasteiger partial charge < -0.3 is 10.5 Å². The molecule has 1 aromatic carbocycles. The number of H-pyrrole nitrogens is 1. The normalized spacial score (nSPS) is 14.2. The zero-order chi connectivity index (χ0) is 18.9. The van der Waals surface area contributed by atoms with E-state index < -0.39 is 11.0 Å². The van der Waals surface area contributed by atoms with Gasteiger partial charge in [0.2, 0.25) is 0 Å². The number of hydrogen-bond donors (Lipinski definition) is 2. The van der Waals surface area contributed by atoms with E-state index in [0.29, 0.717) is 0 Å². The lowest BCUT2D eigenvalue weighted by Crippen LogP contribution is -2.44. The second-order valence-electron chi connectivity index (χ2n) is 7.64. The van der Waals surface area contributed by atoms with Crippen LogP contribution in [0.3, 0.4) is 0 Å². The van der Waals surface area contributed by atoms with Crippen LogP contribution < -0.4 is 5.73 Å². The molecule has 0 saturated carbocycles. The largest absolute Gasteiger partial charge is 0.459 e. The molecule has 2 aromatic heterocycles. The second kappa shape index (κ2) is 6.53. The molecule has 6 heteroatoms. The van der Waals surface area contributed by atoms with E-state index in [0.717, 1.165) is 27.7 Å². The summed E-state index contributed by atoms with van der Waals surface area (Å²) in [5.41, 5.74) is 7.93. The molecule has 26 heavy (non-hydrogen) atoms. The minimum Gasteiger partial charge on any atom is -0.459 e. The topological polar surface area (TPSA) is 93.9 Å². The number of carbonyl (C=O) groups excluding carboxylic acids is 1. The van der Waals surface area contributed by atoms with Gasteiger partial charge >= 0.3 is 5.97 Å². The first kappa shape index (κ1) is 18.1. The van der Waals surface area contributed by atoms with Crippen LogP contribution >= 0.6 is 0 Å². The molecule has 136 valence electrons. The van der Waals surface area contributed by atoms with Gasteiger partial charge in [0, 0.05) is 23.7 Å². The molecule has 0 aliphatic rings. The maximum absolute atomic E-state index is 12.6. The van der Waals surface area contributed by atoms with Crippen molar-refractivity contribution in [3.63, 3.8) is 0 Å². The van der Waals surface area contributed by atoms with Crippen molar-refractivity contribution in [3.05, 3.63) is 48.3 Å². The summed E-state index contributed by atoms with van der Waals surface area (Å²) < 4.78 is 5.55. The fourth-order valence-electron chi connectivity index (χ4n) is 2.70. The highest BCUT2D eigenvalue weighted by atomic mass is 16.6. The third kappa shape index (κ3) is 3.46. The highest BCUT2D eigenvalue weighted by molar-refractivity contribution is 5.84. The number of nitrogens with two attached hydrogens (primary N) is 1. The first-order valence-corrected chi connectivity index (χ1v) is 8.56. The number of hydrogen-bond acceptors (Lipinski definition) is 5. The average Bonchev–Trinajstić information content (AvgIpc) is 3.07. The molecule has 0 spiro atoms. The Balaban J connectivity index is 1.90. The van der Waals surface area contributed by atoms with Crippen LogP contribution in [0, 0.1) is 0 Å². The van der Waals surface area contributed by atoms with Crippen LogP contribution in [0.25, 0.3) is 22.2 Å². The Labute approximate surface area is 152 Å². The summed E-state index contributed by atoms with van der Waals surface area (Å²) >= 11 is 0. The molecule has 0 aliphatic carbocycles.